The molecule has 0 fully saturated rings. The van der Waals surface area contributed by atoms with Crippen LogP contribution in [0.5, 0.6) is 0 Å². The van der Waals surface area contributed by atoms with Crippen molar-refractivity contribution in [3.8, 4) is 21.3 Å². The molecule has 0 aliphatic carbocycles. The molecule has 3 aromatic carbocycles. The molecule has 0 radical (unpaired) electrons. The normalized spacial score (nSPS) is 10.5. The van der Waals surface area contributed by atoms with Crippen LogP contribution in [0, 0.1) is 0 Å². The Kier molecular flexibility index (Phi) is 4.78. The van der Waals surface area contributed by atoms with E-state index in [2.05, 4.69) is 29.6 Å². The average molecular weight is 403 g/mol. The van der Waals surface area contributed by atoms with Gasteiger partial charge in [-0.2, -0.15) is 0 Å². The fraction of sp³-hybridized carbons (Fsp3) is 0. The monoisotopic (exact) mass is 404 g/mol. The van der Waals surface area contributed by atoms with Gasteiger partial charge in [-0.3, -0.25) is 0 Å². The Bertz CT molecular complexity index is 955. The van der Waals surface area contributed by atoms with Gasteiger partial charge in [-0.25, -0.2) is 0 Å². The summed E-state index contributed by atoms with van der Waals surface area (Å²) >= 11 is -0.0586. The number of aromatic nitrogens is 1. The number of carbonyl (C=O) groups is 1. The Morgan fingerprint density at radius 2 is 1.27 bits per heavy atom. The topological polar surface area (TPSA) is 42.0 Å². The maximum absolute atomic E-state index is 12.5. The standard InChI is InChI=1S/C22H16N2OSe/c25-21(18-14-8-3-9-15-18)24-22-23-19(16-10-4-1-5-11-16)20(26-22)17-12-6-2-7-13-17/h1-15H,(H,23,24,25). The maximum atomic E-state index is 12.5. The third-order valence-corrected chi connectivity index (χ3v) is 6.11. The van der Waals surface area contributed by atoms with Crippen LogP contribution in [0.3, 0.4) is 0 Å². The van der Waals surface area contributed by atoms with Crippen LogP contribution < -0.4 is 5.32 Å². The van der Waals surface area contributed by atoms with Crippen molar-refractivity contribution in [1.82, 2.24) is 4.98 Å². The predicted octanol–water partition coefficient (Wildman–Crippen LogP) is 4.72. The van der Waals surface area contributed by atoms with Gasteiger partial charge in [0.2, 0.25) is 0 Å². The Labute approximate surface area is 158 Å². The van der Waals surface area contributed by atoms with Gasteiger partial charge in [0, 0.05) is 0 Å². The first-order valence-electron chi connectivity index (χ1n) is 8.29. The van der Waals surface area contributed by atoms with Gasteiger partial charge >= 0.3 is 158 Å². The number of rotatable bonds is 4. The molecule has 126 valence electrons. The third-order valence-electron chi connectivity index (χ3n) is 3.97. The molecule has 0 saturated carbocycles. The molecule has 0 atom stereocenters. The second kappa shape index (κ2) is 7.52. The van der Waals surface area contributed by atoms with Crippen LogP contribution in [-0.2, 0) is 0 Å². The molecule has 4 rings (SSSR count). The van der Waals surface area contributed by atoms with Crippen molar-refractivity contribution in [2.24, 2.45) is 0 Å². The SMILES string of the molecule is O=C(Nc1nc(-c2ccccc2)c(-c2ccccc2)[se]1)c1ccccc1. The molecule has 26 heavy (non-hydrogen) atoms. The van der Waals surface area contributed by atoms with Crippen LogP contribution >= 0.6 is 0 Å². The summed E-state index contributed by atoms with van der Waals surface area (Å²) in [5.74, 6) is -0.118. The zero-order valence-electron chi connectivity index (χ0n) is 13.9. The molecule has 0 saturated heterocycles. The molecule has 0 aliphatic rings. The summed E-state index contributed by atoms with van der Waals surface area (Å²) in [5, 5.41) is 2.99. The fourth-order valence-corrected chi connectivity index (χ4v) is 4.78. The van der Waals surface area contributed by atoms with Crippen LogP contribution in [0.1, 0.15) is 10.4 Å². The number of hydrogen-bond donors (Lipinski definition) is 1. The van der Waals surface area contributed by atoms with Crippen molar-refractivity contribution in [3.63, 3.8) is 0 Å². The summed E-state index contributed by atoms with van der Waals surface area (Å²) in [6, 6.07) is 29.6. The van der Waals surface area contributed by atoms with E-state index in [4.69, 9.17) is 4.98 Å². The van der Waals surface area contributed by atoms with E-state index >= 15 is 0 Å². The second-order valence-corrected chi connectivity index (χ2v) is 7.85. The number of anilines is 1. The van der Waals surface area contributed by atoms with Gasteiger partial charge in [-0.1, -0.05) is 0 Å². The quantitative estimate of drug-likeness (QED) is 0.501. The molecule has 4 heteroatoms. The van der Waals surface area contributed by atoms with Gasteiger partial charge in [0.25, 0.3) is 0 Å². The zero-order valence-corrected chi connectivity index (χ0v) is 15.6. The summed E-state index contributed by atoms with van der Waals surface area (Å²) in [4.78, 5) is 17.3. The Hall–Kier alpha value is -2.94. The number of nitrogens with one attached hydrogen (secondary N) is 1. The molecule has 0 aliphatic heterocycles. The van der Waals surface area contributed by atoms with E-state index in [1.165, 1.54) is 4.44 Å². The summed E-state index contributed by atoms with van der Waals surface area (Å²) in [6.45, 7) is 0. The van der Waals surface area contributed by atoms with E-state index in [0.717, 1.165) is 21.5 Å². The van der Waals surface area contributed by atoms with Gasteiger partial charge in [0.05, 0.1) is 0 Å². The molecule has 0 spiro atoms. The van der Waals surface area contributed by atoms with Crippen LogP contribution in [-0.4, -0.2) is 25.4 Å². The average Bonchev–Trinajstić information content (AvgIpc) is 3.14. The van der Waals surface area contributed by atoms with Crippen molar-refractivity contribution in [2.45, 2.75) is 0 Å². The summed E-state index contributed by atoms with van der Waals surface area (Å²) in [5.41, 5.74) is 3.80. The van der Waals surface area contributed by atoms with E-state index < -0.39 is 0 Å². The van der Waals surface area contributed by atoms with E-state index in [0.29, 0.717) is 5.56 Å². The molecule has 0 unspecified atom stereocenters. The molecular weight excluding hydrogens is 387 g/mol. The van der Waals surface area contributed by atoms with E-state index in [9.17, 15) is 4.79 Å². The van der Waals surface area contributed by atoms with Crippen molar-refractivity contribution >= 4 is 25.1 Å². The van der Waals surface area contributed by atoms with E-state index in [1.807, 2.05) is 66.7 Å². The first-order chi connectivity index (χ1) is 12.8. The Morgan fingerprint density at radius 3 is 1.88 bits per heavy atom. The number of amides is 1. The van der Waals surface area contributed by atoms with Crippen molar-refractivity contribution < 1.29 is 4.79 Å². The third kappa shape index (κ3) is 3.52. The Balaban J connectivity index is 1.73. The number of nitrogens with zero attached hydrogens (tertiary/aromatic N) is 1. The molecule has 1 amide bonds. The van der Waals surface area contributed by atoms with Crippen molar-refractivity contribution in [3.05, 3.63) is 96.6 Å². The minimum absolute atomic E-state index is 0.0586. The van der Waals surface area contributed by atoms with Crippen LogP contribution in [0.4, 0.5) is 4.69 Å². The number of carbonyl (C=O) groups excluding carboxylic acids is 1. The van der Waals surface area contributed by atoms with Gasteiger partial charge in [-0.05, 0) is 0 Å². The van der Waals surface area contributed by atoms with E-state index in [1.54, 1.807) is 0 Å². The molecule has 0 bridgehead atoms. The van der Waals surface area contributed by atoms with Gasteiger partial charge in [0.1, 0.15) is 0 Å². The molecular formula is C22H16N2OSe. The van der Waals surface area contributed by atoms with Gasteiger partial charge in [0.15, 0.2) is 0 Å². The van der Waals surface area contributed by atoms with Gasteiger partial charge < -0.3 is 0 Å². The van der Waals surface area contributed by atoms with Crippen molar-refractivity contribution in [2.75, 3.05) is 5.32 Å². The molecule has 1 heterocycles. The minimum atomic E-state index is -0.118. The van der Waals surface area contributed by atoms with Crippen molar-refractivity contribution in [1.29, 1.82) is 0 Å². The summed E-state index contributed by atoms with van der Waals surface area (Å²) in [7, 11) is 0. The number of benzene rings is 3. The first kappa shape index (κ1) is 16.5. The molecule has 4 aromatic rings. The summed E-state index contributed by atoms with van der Waals surface area (Å²) in [6.07, 6.45) is 0. The second-order valence-electron chi connectivity index (χ2n) is 5.75. The fourth-order valence-electron chi connectivity index (χ4n) is 2.71. The van der Waals surface area contributed by atoms with Crippen LogP contribution in [0.2, 0.25) is 0 Å². The van der Waals surface area contributed by atoms with Crippen LogP contribution in [0.15, 0.2) is 91.0 Å². The zero-order chi connectivity index (χ0) is 17.8. The first-order valence-corrected chi connectivity index (χ1v) is 10.0. The van der Waals surface area contributed by atoms with E-state index in [-0.39, 0.29) is 20.4 Å². The molecule has 3 nitrogen and oxygen atoms in total. The predicted molar refractivity (Wildman–Crippen MR) is 106 cm³/mol. The summed E-state index contributed by atoms with van der Waals surface area (Å²) < 4.78 is 1.93. The number of hydrogen-bond acceptors (Lipinski definition) is 2. The molecule has 1 N–H and O–H groups in total. The Morgan fingerprint density at radius 1 is 0.731 bits per heavy atom. The van der Waals surface area contributed by atoms with Crippen LogP contribution in [0.25, 0.3) is 21.3 Å². The van der Waals surface area contributed by atoms with Gasteiger partial charge in [-0.15, -0.1) is 0 Å². The molecule has 1 aromatic heterocycles.